The van der Waals surface area contributed by atoms with Crippen LogP contribution in [0.5, 0.6) is 0 Å². The summed E-state index contributed by atoms with van der Waals surface area (Å²) in [6.07, 6.45) is 3.91. The number of nitrogens with zero attached hydrogens (tertiary/aromatic N) is 2. The molecule has 3 heteroatoms. The SMILES string of the molecule is CN(C=O)CCc1cn(C)c2ccccc12. The van der Waals surface area contributed by atoms with Crippen molar-refractivity contribution in [3.05, 3.63) is 36.0 Å². The molecule has 0 aliphatic carbocycles. The van der Waals surface area contributed by atoms with E-state index in [2.05, 4.69) is 36.0 Å². The molecule has 0 fully saturated rings. The van der Waals surface area contributed by atoms with Crippen LogP contribution in [0.3, 0.4) is 0 Å². The Labute approximate surface area is 95.3 Å². The van der Waals surface area contributed by atoms with Crippen molar-refractivity contribution in [1.82, 2.24) is 9.47 Å². The molecule has 0 saturated heterocycles. The smallest absolute Gasteiger partial charge is 0.209 e. The van der Waals surface area contributed by atoms with Crippen molar-refractivity contribution in [3.8, 4) is 0 Å². The van der Waals surface area contributed by atoms with Crippen molar-refractivity contribution >= 4 is 17.3 Å². The van der Waals surface area contributed by atoms with Crippen molar-refractivity contribution in [2.45, 2.75) is 6.42 Å². The first kappa shape index (κ1) is 10.7. The molecule has 0 saturated carbocycles. The summed E-state index contributed by atoms with van der Waals surface area (Å²) >= 11 is 0. The molecule has 2 rings (SSSR count). The van der Waals surface area contributed by atoms with Crippen molar-refractivity contribution < 1.29 is 4.79 Å². The lowest BCUT2D eigenvalue weighted by molar-refractivity contribution is -0.116. The number of aryl methyl sites for hydroxylation is 1. The predicted molar refractivity (Wildman–Crippen MR) is 65.3 cm³/mol. The lowest BCUT2D eigenvalue weighted by atomic mass is 10.1. The Morgan fingerprint density at radius 1 is 1.38 bits per heavy atom. The maximum Gasteiger partial charge on any atom is 0.209 e. The molecular formula is C13H16N2O. The maximum absolute atomic E-state index is 10.5. The van der Waals surface area contributed by atoms with Gasteiger partial charge in [-0.1, -0.05) is 18.2 Å². The number of aromatic nitrogens is 1. The molecular weight excluding hydrogens is 200 g/mol. The largest absolute Gasteiger partial charge is 0.350 e. The highest BCUT2D eigenvalue weighted by Crippen LogP contribution is 2.20. The molecule has 0 atom stereocenters. The molecule has 0 unspecified atom stereocenters. The summed E-state index contributed by atoms with van der Waals surface area (Å²) in [5, 5.41) is 1.28. The number of benzene rings is 1. The van der Waals surface area contributed by atoms with Gasteiger partial charge >= 0.3 is 0 Å². The second-order valence-corrected chi connectivity index (χ2v) is 4.12. The summed E-state index contributed by atoms with van der Waals surface area (Å²) in [4.78, 5) is 12.2. The van der Waals surface area contributed by atoms with E-state index in [1.165, 1.54) is 16.5 Å². The number of rotatable bonds is 4. The lowest BCUT2D eigenvalue weighted by Gasteiger charge is -2.08. The third-order valence-corrected chi connectivity index (χ3v) is 2.89. The number of hydrogen-bond acceptors (Lipinski definition) is 1. The van der Waals surface area contributed by atoms with E-state index in [1.807, 2.05) is 6.07 Å². The maximum atomic E-state index is 10.5. The number of fused-ring (bicyclic) bond motifs is 1. The van der Waals surface area contributed by atoms with Crippen LogP contribution >= 0.6 is 0 Å². The van der Waals surface area contributed by atoms with E-state index in [9.17, 15) is 4.79 Å². The van der Waals surface area contributed by atoms with Gasteiger partial charge in [-0.15, -0.1) is 0 Å². The number of amides is 1. The molecule has 16 heavy (non-hydrogen) atoms. The molecule has 0 aliphatic heterocycles. The zero-order valence-corrected chi connectivity index (χ0v) is 9.68. The van der Waals surface area contributed by atoms with E-state index in [0.717, 1.165) is 19.4 Å². The van der Waals surface area contributed by atoms with Crippen molar-refractivity contribution in [3.63, 3.8) is 0 Å². The minimum atomic E-state index is 0.761. The first-order valence-electron chi connectivity index (χ1n) is 5.41. The Morgan fingerprint density at radius 2 is 2.12 bits per heavy atom. The van der Waals surface area contributed by atoms with Gasteiger partial charge in [0, 0.05) is 37.7 Å². The minimum Gasteiger partial charge on any atom is -0.350 e. The van der Waals surface area contributed by atoms with Crippen LogP contribution < -0.4 is 0 Å². The second kappa shape index (κ2) is 4.39. The Balaban J connectivity index is 2.27. The van der Waals surface area contributed by atoms with Gasteiger partial charge in [0.15, 0.2) is 0 Å². The summed E-state index contributed by atoms with van der Waals surface area (Å²) in [6, 6.07) is 8.34. The van der Waals surface area contributed by atoms with Gasteiger partial charge < -0.3 is 9.47 Å². The van der Waals surface area contributed by atoms with Crippen LogP contribution in [0.1, 0.15) is 5.56 Å². The molecule has 0 spiro atoms. The van der Waals surface area contributed by atoms with Crippen molar-refractivity contribution in [1.29, 1.82) is 0 Å². The van der Waals surface area contributed by atoms with Crippen LogP contribution in [-0.2, 0) is 18.3 Å². The summed E-state index contributed by atoms with van der Waals surface area (Å²) in [5.74, 6) is 0. The molecule has 3 nitrogen and oxygen atoms in total. The van der Waals surface area contributed by atoms with E-state index in [0.29, 0.717) is 0 Å². The first-order chi connectivity index (χ1) is 7.72. The molecule has 1 heterocycles. The molecule has 0 radical (unpaired) electrons. The fourth-order valence-corrected chi connectivity index (χ4v) is 1.97. The number of para-hydroxylation sites is 1. The molecule has 2 aromatic rings. The number of carbonyl (C=O) groups is 1. The number of hydrogen-bond donors (Lipinski definition) is 0. The summed E-state index contributed by atoms with van der Waals surface area (Å²) < 4.78 is 2.13. The summed E-state index contributed by atoms with van der Waals surface area (Å²) in [6.45, 7) is 0.761. The van der Waals surface area contributed by atoms with Gasteiger partial charge in [0.05, 0.1) is 0 Å². The predicted octanol–water partition coefficient (Wildman–Crippen LogP) is 1.81. The average Bonchev–Trinajstić information content (AvgIpc) is 2.64. The van der Waals surface area contributed by atoms with Crippen LogP contribution in [0, 0.1) is 0 Å². The van der Waals surface area contributed by atoms with E-state index in [4.69, 9.17) is 0 Å². The zero-order valence-electron chi connectivity index (χ0n) is 9.68. The average molecular weight is 216 g/mol. The Kier molecular flexibility index (Phi) is 2.95. The van der Waals surface area contributed by atoms with Gasteiger partial charge in [0.2, 0.25) is 6.41 Å². The van der Waals surface area contributed by atoms with E-state index in [-0.39, 0.29) is 0 Å². The van der Waals surface area contributed by atoms with Gasteiger partial charge in [-0.25, -0.2) is 0 Å². The van der Waals surface area contributed by atoms with Gasteiger partial charge in [0.1, 0.15) is 0 Å². The van der Waals surface area contributed by atoms with Crippen LogP contribution in [0.25, 0.3) is 10.9 Å². The third-order valence-electron chi connectivity index (χ3n) is 2.89. The fraction of sp³-hybridized carbons (Fsp3) is 0.308. The van der Waals surface area contributed by atoms with Gasteiger partial charge in [-0.3, -0.25) is 4.79 Å². The van der Waals surface area contributed by atoms with Gasteiger partial charge in [0.25, 0.3) is 0 Å². The highest BCUT2D eigenvalue weighted by Gasteiger charge is 2.05. The minimum absolute atomic E-state index is 0.761. The van der Waals surface area contributed by atoms with Gasteiger partial charge in [-0.05, 0) is 18.1 Å². The Morgan fingerprint density at radius 3 is 2.88 bits per heavy atom. The number of carbonyl (C=O) groups excluding carboxylic acids is 1. The van der Waals surface area contributed by atoms with E-state index < -0.39 is 0 Å². The molecule has 0 aliphatic rings. The Bertz CT molecular complexity index is 502. The summed E-state index contributed by atoms with van der Waals surface area (Å²) in [7, 11) is 3.85. The standard InChI is InChI=1S/C13H16N2O/c1-14(10-16)8-7-11-9-15(2)13-6-4-3-5-12(11)13/h3-6,9-10H,7-8H2,1-2H3. The van der Waals surface area contributed by atoms with Crippen molar-refractivity contribution in [2.24, 2.45) is 7.05 Å². The Hall–Kier alpha value is -1.77. The lowest BCUT2D eigenvalue weighted by Crippen LogP contribution is -2.18. The highest BCUT2D eigenvalue weighted by atomic mass is 16.1. The molecule has 1 aromatic carbocycles. The normalized spacial score (nSPS) is 10.6. The third kappa shape index (κ3) is 1.94. The van der Waals surface area contributed by atoms with Crippen LogP contribution in [0.15, 0.2) is 30.5 Å². The molecule has 1 amide bonds. The quantitative estimate of drug-likeness (QED) is 0.715. The zero-order chi connectivity index (χ0) is 11.5. The molecule has 84 valence electrons. The molecule has 1 aromatic heterocycles. The molecule has 0 bridgehead atoms. The van der Waals surface area contributed by atoms with E-state index in [1.54, 1.807) is 11.9 Å². The summed E-state index contributed by atoms with van der Waals surface area (Å²) in [5.41, 5.74) is 2.54. The first-order valence-corrected chi connectivity index (χ1v) is 5.41. The highest BCUT2D eigenvalue weighted by molar-refractivity contribution is 5.83. The number of likely N-dealkylation sites (N-methyl/N-ethyl adjacent to an activating group) is 1. The van der Waals surface area contributed by atoms with Crippen LogP contribution in [-0.4, -0.2) is 29.5 Å². The van der Waals surface area contributed by atoms with Crippen LogP contribution in [0.2, 0.25) is 0 Å². The monoisotopic (exact) mass is 216 g/mol. The fourth-order valence-electron chi connectivity index (χ4n) is 1.97. The second-order valence-electron chi connectivity index (χ2n) is 4.12. The van der Waals surface area contributed by atoms with Crippen molar-refractivity contribution in [2.75, 3.05) is 13.6 Å². The van der Waals surface area contributed by atoms with Crippen LogP contribution in [0.4, 0.5) is 0 Å². The van der Waals surface area contributed by atoms with Gasteiger partial charge in [-0.2, -0.15) is 0 Å². The van der Waals surface area contributed by atoms with E-state index >= 15 is 0 Å². The topological polar surface area (TPSA) is 25.2 Å². The molecule has 0 N–H and O–H groups in total.